The van der Waals surface area contributed by atoms with Crippen molar-refractivity contribution in [3.8, 4) is 0 Å². The summed E-state index contributed by atoms with van der Waals surface area (Å²) in [6, 6.07) is 0. The summed E-state index contributed by atoms with van der Waals surface area (Å²) in [5, 5.41) is 10.0. The first-order chi connectivity index (χ1) is 5.69. The molecular weight excluding hydrogens is 164 g/mol. The van der Waals surface area contributed by atoms with Gasteiger partial charge in [0, 0.05) is 7.11 Å². The maximum Gasteiger partial charge on any atom is 0.0877 e. The maximum absolute atomic E-state index is 10.0. The van der Waals surface area contributed by atoms with Crippen LogP contribution >= 0.6 is 0 Å². The molecule has 0 radical (unpaired) electrons. The zero-order valence-corrected chi connectivity index (χ0v) is 9.85. The van der Waals surface area contributed by atoms with E-state index in [9.17, 15) is 5.11 Å². The van der Waals surface area contributed by atoms with Crippen molar-refractivity contribution in [1.82, 2.24) is 0 Å². The first kappa shape index (κ1) is 12.9. The van der Waals surface area contributed by atoms with Crippen molar-refractivity contribution in [2.24, 2.45) is 5.41 Å². The van der Waals surface area contributed by atoms with Crippen molar-refractivity contribution < 1.29 is 9.84 Å². The quantitative estimate of drug-likeness (QED) is 0.735. The van der Waals surface area contributed by atoms with E-state index in [0.29, 0.717) is 0 Å². The largest absolute Gasteiger partial charge is 0.387 e. The summed E-state index contributed by atoms with van der Waals surface area (Å²) in [4.78, 5) is 0. The second-order valence-electron chi connectivity index (χ2n) is 5.30. The molecule has 0 spiro atoms. The van der Waals surface area contributed by atoms with E-state index in [2.05, 4.69) is 20.8 Å². The third kappa shape index (κ3) is 5.27. The van der Waals surface area contributed by atoms with Gasteiger partial charge in [-0.05, 0) is 32.1 Å². The Bertz CT molecular complexity index is 145. The van der Waals surface area contributed by atoms with Crippen LogP contribution in [0, 0.1) is 5.41 Å². The standard InChI is InChI=1S/C11H24O2/c1-9(13-6)11(5,12)8-7-10(2,3)4/h9,12H,7-8H2,1-6H3. The minimum absolute atomic E-state index is 0.102. The van der Waals surface area contributed by atoms with E-state index in [0.717, 1.165) is 12.8 Å². The van der Waals surface area contributed by atoms with Gasteiger partial charge < -0.3 is 9.84 Å². The van der Waals surface area contributed by atoms with Gasteiger partial charge in [-0.3, -0.25) is 0 Å². The summed E-state index contributed by atoms with van der Waals surface area (Å²) in [5.41, 5.74) is -0.431. The number of ether oxygens (including phenoxy) is 1. The summed E-state index contributed by atoms with van der Waals surface area (Å²) in [5.74, 6) is 0. The molecular formula is C11H24O2. The number of aliphatic hydroxyl groups is 1. The lowest BCUT2D eigenvalue weighted by Gasteiger charge is -2.32. The highest BCUT2D eigenvalue weighted by Gasteiger charge is 2.29. The Balaban J connectivity index is 4.03. The third-order valence-electron chi connectivity index (χ3n) is 2.61. The van der Waals surface area contributed by atoms with Crippen LogP contribution < -0.4 is 0 Å². The summed E-state index contributed by atoms with van der Waals surface area (Å²) in [6.45, 7) is 10.3. The van der Waals surface area contributed by atoms with Gasteiger partial charge in [-0.25, -0.2) is 0 Å². The fraction of sp³-hybridized carbons (Fsp3) is 1.00. The average Bonchev–Trinajstić information content (AvgIpc) is 1.98. The summed E-state index contributed by atoms with van der Waals surface area (Å²) >= 11 is 0. The van der Waals surface area contributed by atoms with Crippen molar-refractivity contribution in [1.29, 1.82) is 0 Å². The second-order valence-corrected chi connectivity index (χ2v) is 5.30. The van der Waals surface area contributed by atoms with Crippen molar-refractivity contribution in [3.05, 3.63) is 0 Å². The minimum atomic E-state index is -0.706. The molecule has 0 aromatic carbocycles. The van der Waals surface area contributed by atoms with E-state index in [1.54, 1.807) is 7.11 Å². The lowest BCUT2D eigenvalue weighted by Crippen LogP contribution is -2.39. The highest BCUT2D eigenvalue weighted by Crippen LogP contribution is 2.27. The van der Waals surface area contributed by atoms with Gasteiger partial charge >= 0.3 is 0 Å². The summed E-state index contributed by atoms with van der Waals surface area (Å²) < 4.78 is 5.13. The molecule has 2 heteroatoms. The SMILES string of the molecule is COC(C)C(C)(O)CCC(C)(C)C. The molecule has 0 amide bonds. The molecule has 2 unspecified atom stereocenters. The first-order valence-electron chi connectivity index (χ1n) is 4.94. The lowest BCUT2D eigenvalue weighted by molar-refractivity contribution is -0.0814. The Kier molecular flexibility index (Phi) is 4.40. The van der Waals surface area contributed by atoms with Crippen molar-refractivity contribution >= 4 is 0 Å². The smallest absolute Gasteiger partial charge is 0.0877 e. The molecule has 0 aliphatic heterocycles. The fourth-order valence-corrected chi connectivity index (χ4v) is 1.09. The van der Waals surface area contributed by atoms with E-state index < -0.39 is 5.60 Å². The van der Waals surface area contributed by atoms with E-state index >= 15 is 0 Å². The molecule has 0 heterocycles. The normalized spacial score (nSPS) is 19.6. The van der Waals surface area contributed by atoms with Gasteiger partial charge in [0.15, 0.2) is 0 Å². The van der Waals surface area contributed by atoms with Gasteiger partial charge in [-0.15, -0.1) is 0 Å². The van der Waals surface area contributed by atoms with Crippen molar-refractivity contribution in [2.45, 2.75) is 59.2 Å². The molecule has 0 saturated heterocycles. The first-order valence-corrected chi connectivity index (χ1v) is 4.94. The number of rotatable bonds is 4. The predicted molar refractivity (Wildman–Crippen MR) is 55.8 cm³/mol. The average molecular weight is 188 g/mol. The summed E-state index contributed by atoms with van der Waals surface area (Å²) in [7, 11) is 1.64. The van der Waals surface area contributed by atoms with Crippen LogP contribution in [0.4, 0.5) is 0 Å². The van der Waals surface area contributed by atoms with Crippen LogP contribution in [0.15, 0.2) is 0 Å². The zero-order chi connectivity index (χ0) is 10.7. The molecule has 2 atom stereocenters. The highest BCUT2D eigenvalue weighted by atomic mass is 16.5. The van der Waals surface area contributed by atoms with Crippen LogP contribution in [0.25, 0.3) is 0 Å². The molecule has 13 heavy (non-hydrogen) atoms. The van der Waals surface area contributed by atoms with E-state index in [1.165, 1.54) is 0 Å². The molecule has 0 aliphatic rings. The van der Waals surface area contributed by atoms with Crippen LogP contribution in [-0.2, 0) is 4.74 Å². The molecule has 0 saturated carbocycles. The number of hydrogen-bond donors (Lipinski definition) is 1. The molecule has 1 N–H and O–H groups in total. The topological polar surface area (TPSA) is 29.5 Å². The summed E-state index contributed by atoms with van der Waals surface area (Å²) in [6.07, 6.45) is 1.69. The molecule has 2 nitrogen and oxygen atoms in total. The van der Waals surface area contributed by atoms with Crippen LogP contribution in [0.1, 0.15) is 47.5 Å². The van der Waals surface area contributed by atoms with E-state index in [-0.39, 0.29) is 11.5 Å². The van der Waals surface area contributed by atoms with E-state index in [1.807, 2.05) is 13.8 Å². The van der Waals surface area contributed by atoms with Gasteiger partial charge in [0.25, 0.3) is 0 Å². The van der Waals surface area contributed by atoms with Crippen LogP contribution in [0.2, 0.25) is 0 Å². The Labute approximate surface area is 82.3 Å². The van der Waals surface area contributed by atoms with Gasteiger partial charge in [-0.1, -0.05) is 20.8 Å². The Morgan fingerprint density at radius 2 is 1.62 bits per heavy atom. The number of methoxy groups -OCH3 is 1. The Hall–Kier alpha value is -0.0800. The van der Waals surface area contributed by atoms with Crippen LogP contribution in [-0.4, -0.2) is 23.9 Å². The van der Waals surface area contributed by atoms with Crippen LogP contribution in [0.5, 0.6) is 0 Å². The molecule has 0 aromatic rings. The minimum Gasteiger partial charge on any atom is -0.387 e. The van der Waals surface area contributed by atoms with Crippen molar-refractivity contribution in [2.75, 3.05) is 7.11 Å². The van der Waals surface area contributed by atoms with Gasteiger partial charge in [0.05, 0.1) is 11.7 Å². The molecule has 0 bridgehead atoms. The molecule has 0 aromatic heterocycles. The fourth-order valence-electron chi connectivity index (χ4n) is 1.09. The molecule has 0 rings (SSSR count). The maximum atomic E-state index is 10.0. The molecule has 80 valence electrons. The second kappa shape index (κ2) is 4.43. The van der Waals surface area contributed by atoms with Crippen LogP contribution in [0.3, 0.4) is 0 Å². The molecule has 0 fully saturated rings. The van der Waals surface area contributed by atoms with Crippen molar-refractivity contribution in [3.63, 3.8) is 0 Å². The highest BCUT2D eigenvalue weighted by molar-refractivity contribution is 4.81. The molecule has 0 aliphatic carbocycles. The van der Waals surface area contributed by atoms with Gasteiger partial charge in [0.1, 0.15) is 0 Å². The monoisotopic (exact) mass is 188 g/mol. The predicted octanol–water partition coefficient (Wildman–Crippen LogP) is 2.60. The Morgan fingerprint density at radius 3 is 1.92 bits per heavy atom. The third-order valence-corrected chi connectivity index (χ3v) is 2.61. The lowest BCUT2D eigenvalue weighted by atomic mass is 9.83. The van der Waals surface area contributed by atoms with Gasteiger partial charge in [-0.2, -0.15) is 0 Å². The Morgan fingerprint density at radius 1 is 1.15 bits per heavy atom. The van der Waals surface area contributed by atoms with Gasteiger partial charge in [0.2, 0.25) is 0 Å². The zero-order valence-electron chi connectivity index (χ0n) is 9.85. The van der Waals surface area contributed by atoms with E-state index in [4.69, 9.17) is 4.74 Å². The number of hydrogen-bond acceptors (Lipinski definition) is 2.